The molecule has 27 heavy (non-hydrogen) atoms. The van der Waals surface area contributed by atoms with E-state index in [0.29, 0.717) is 50.7 Å². The van der Waals surface area contributed by atoms with Crippen LogP contribution < -0.4 is 14.8 Å². The maximum Gasteiger partial charge on any atom is 0.235 e. The maximum absolute atomic E-state index is 13.4. The number of ether oxygens (including phenoxy) is 3. The molecular weight excluding hydrogens is 410 g/mol. The lowest BCUT2D eigenvalue weighted by molar-refractivity contribution is -0.125. The van der Waals surface area contributed by atoms with Crippen LogP contribution in [-0.2, 0) is 14.9 Å². The van der Waals surface area contributed by atoms with Crippen LogP contribution in [0.25, 0.3) is 0 Å². The summed E-state index contributed by atoms with van der Waals surface area (Å²) in [7, 11) is 0. The fourth-order valence-electron chi connectivity index (χ4n) is 3.63. The first-order valence-corrected chi connectivity index (χ1v) is 10.0. The van der Waals surface area contributed by atoms with E-state index in [4.69, 9.17) is 14.2 Å². The summed E-state index contributed by atoms with van der Waals surface area (Å²) in [4.78, 5) is 13.4. The van der Waals surface area contributed by atoms with Crippen molar-refractivity contribution in [3.8, 4) is 11.5 Å². The van der Waals surface area contributed by atoms with Crippen molar-refractivity contribution in [3.63, 3.8) is 0 Å². The molecule has 1 fully saturated rings. The number of nitrogens with one attached hydrogen (secondary N) is 1. The largest absolute Gasteiger partial charge is 0.490 e. The zero-order valence-electron chi connectivity index (χ0n) is 15.0. The van der Waals surface area contributed by atoms with Gasteiger partial charge in [0.1, 0.15) is 0 Å². The fourth-order valence-corrected chi connectivity index (χ4v) is 3.89. The smallest absolute Gasteiger partial charge is 0.235 e. The van der Waals surface area contributed by atoms with Gasteiger partial charge in [-0.05, 0) is 42.7 Å². The van der Waals surface area contributed by atoms with Crippen molar-refractivity contribution < 1.29 is 19.0 Å². The average Bonchev–Trinajstić information content (AvgIpc) is 2.94. The first-order chi connectivity index (χ1) is 13.2. The van der Waals surface area contributed by atoms with Crippen molar-refractivity contribution in [1.82, 2.24) is 0 Å². The molecule has 2 aromatic carbocycles. The minimum atomic E-state index is -0.594. The fraction of sp³-hybridized carbons (Fsp3) is 0.381. The minimum Gasteiger partial charge on any atom is -0.490 e. The molecule has 0 spiro atoms. The van der Waals surface area contributed by atoms with Gasteiger partial charge in [0.05, 0.1) is 18.6 Å². The molecule has 2 heterocycles. The molecule has 2 aliphatic rings. The molecule has 1 amide bonds. The van der Waals surface area contributed by atoms with E-state index in [1.807, 2.05) is 42.5 Å². The van der Waals surface area contributed by atoms with Gasteiger partial charge in [0.15, 0.2) is 11.5 Å². The SMILES string of the molecule is O=C(Nc1ccc2c(c1)OCCCO2)C1(c2ccc(Br)cc2)CCOCC1. The van der Waals surface area contributed by atoms with Crippen LogP contribution in [0.3, 0.4) is 0 Å². The molecule has 0 aromatic heterocycles. The van der Waals surface area contributed by atoms with Crippen LogP contribution in [0.4, 0.5) is 5.69 Å². The Kier molecular flexibility index (Phi) is 5.36. The monoisotopic (exact) mass is 431 g/mol. The van der Waals surface area contributed by atoms with Crippen LogP contribution in [0.5, 0.6) is 11.5 Å². The quantitative estimate of drug-likeness (QED) is 0.786. The summed E-state index contributed by atoms with van der Waals surface area (Å²) >= 11 is 3.47. The molecule has 1 N–H and O–H groups in total. The van der Waals surface area contributed by atoms with Gasteiger partial charge in [-0.15, -0.1) is 0 Å². The summed E-state index contributed by atoms with van der Waals surface area (Å²) in [6.45, 7) is 2.41. The summed E-state index contributed by atoms with van der Waals surface area (Å²) in [6, 6.07) is 13.5. The van der Waals surface area contributed by atoms with Crippen LogP contribution in [0.2, 0.25) is 0 Å². The summed E-state index contributed by atoms with van der Waals surface area (Å²) in [5.74, 6) is 1.39. The minimum absolute atomic E-state index is 0.0115. The molecule has 142 valence electrons. The third-order valence-electron chi connectivity index (χ3n) is 5.18. The third-order valence-corrected chi connectivity index (χ3v) is 5.71. The van der Waals surface area contributed by atoms with Gasteiger partial charge in [-0.2, -0.15) is 0 Å². The first kappa shape index (κ1) is 18.3. The summed E-state index contributed by atoms with van der Waals surface area (Å²) in [5, 5.41) is 3.09. The zero-order valence-corrected chi connectivity index (χ0v) is 16.6. The maximum atomic E-state index is 13.4. The van der Waals surface area contributed by atoms with Crippen molar-refractivity contribution in [2.75, 3.05) is 31.7 Å². The normalized spacial score (nSPS) is 18.4. The van der Waals surface area contributed by atoms with E-state index in [9.17, 15) is 4.79 Å². The van der Waals surface area contributed by atoms with E-state index in [1.165, 1.54) is 0 Å². The van der Waals surface area contributed by atoms with Gasteiger partial charge in [0.2, 0.25) is 5.91 Å². The Balaban J connectivity index is 1.61. The zero-order chi connectivity index (χ0) is 18.7. The van der Waals surface area contributed by atoms with Crippen molar-refractivity contribution in [2.45, 2.75) is 24.7 Å². The molecule has 4 rings (SSSR count). The van der Waals surface area contributed by atoms with Crippen molar-refractivity contribution in [2.24, 2.45) is 0 Å². The van der Waals surface area contributed by atoms with Gasteiger partial charge in [-0.3, -0.25) is 4.79 Å². The average molecular weight is 432 g/mol. The van der Waals surface area contributed by atoms with E-state index < -0.39 is 5.41 Å². The lowest BCUT2D eigenvalue weighted by Crippen LogP contribution is -2.44. The molecule has 1 saturated heterocycles. The Morgan fingerprint density at radius 3 is 2.37 bits per heavy atom. The number of hydrogen-bond donors (Lipinski definition) is 1. The molecule has 2 aromatic rings. The van der Waals surface area contributed by atoms with E-state index >= 15 is 0 Å². The second-order valence-electron chi connectivity index (χ2n) is 6.87. The Morgan fingerprint density at radius 2 is 1.63 bits per heavy atom. The van der Waals surface area contributed by atoms with Crippen molar-refractivity contribution >= 4 is 27.5 Å². The molecule has 0 aliphatic carbocycles. The lowest BCUT2D eigenvalue weighted by Gasteiger charge is -2.36. The molecule has 0 radical (unpaired) electrons. The number of amides is 1. The first-order valence-electron chi connectivity index (χ1n) is 9.22. The predicted octanol–water partition coefficient (Wildman–Crippen LogP) is 4.30. The van der Waals surface area contributed by atoms with Gasteiger partial charge in [-0.1, -0.05) is 28.1 Å². The molecule has 5 nitrogen and oxygen atoms in total. The predicted molar refractivity (Wildman–Crippen MR) is 107 cm³/mol. The highest BCUT2D eigenvalue weighted by atomic mass is 79.9. The molecule has 0 saturated carbocycles. The summed E-state index contributed by atoms with van der Waals surface area (Å²) in [5.41, 5.74) is 1.14. The van der Waals surface area contributed by atoms with E-state index in [-0.39, 0.29) is 5.91 Å². The highest BCUT2D eigenvalue weighted by molar-refractivity contribution is 9.10. The number of benzene rings is 2. The van der Waals surface area contributed by atoms with Crippen molar-refractivity contribution in [1.29, 1.82) is 0 Å². The summed E-state index contributed by atoms with van der Waals surface area (Å²) in [6.07, 6.45) is 2.17. The van der Waals surface area contributed by atoms with E-state index in [2.05, 4.69) is 21.2 Å². The standard InChI is InChI=1S/C21H22BrNO4/c22-16-4-2-15(3-5-16)21(8-12-25-13-9-21)20(24)23-17-6-7-18-19(14-17)27-11-1-10-26-18/h2-7,14H,1,8-13H2,(H,23,24). The van der Waals surface area contributed by atoms with Crippen LogP contribution >= 0.6 is 15.9 Å². The molecule has 2 aliphatic heterocycles. The third kappa shape index (κ3) is 3.82. The van der Waals surface area contributed by atoms with Crippen LogP contribution in [0.1, 0.15) is 24.8 Å². The number of anilines is 1. The van der Waals surface area contributed by atoms with E-state index in [0.717, 1.165) is 22.2 Å². The topological polar surface area (TPSA) is 56.8 Å². The Bertz CT molecular complexity index is 815. The number of halogens is 1. The molecule has 0 unspecified atom stereocenters. The summed E-state index contributed by atoms with van der Waals surface area (Å²) < 4.78 is 17.9. The Morgan fingerprint density at radius 1 is 0.926 bits per heavy atom. The van der Waals surface area contributed by atoms with Gasteiger partial charge in [-0.25, -0.2) is 0 Å². The number of carbonyl (C=O) groups is 1. The van der Waals surface area contributed by atoms with Gasteiger partial charge < -0.3 is 19.5 Å². The second kappa shape index (κ2) is 7.90. The number of carbonyl (C=O) groups excluding carboxylic acids is 1. The van der Waals surface area contributed by atoms with Gasteiger partial charge in [0, 0.05) is 35.9 Å². The van der Waals surface area contributed by atoms with Crippen LogP contribution in [0, 0.1) is 0 Å². The Labute approximate surface area is 167 Å². The van der Waals surface area contributed by atoms with Crippen molar-refractivity contribution in [3.05, 3.63) is 52.5 Å². The number of hydrogen-bond acceptors (Lipinski definition) is 4. The second-order valence-corrected chi connectivity index (χ2v) is 7.78. The molecule has 0 bridgehead atoms. The lowest BCUT2D eigenvalue weighted by atomic mass is 9.73. The highest BCUT2D eigenvalue weighted by Crippen LogP contribution is 2.38. The van der Waals surface area contributed by atoms with E-state index in [1.54, 1.807) is 0 Å². The van der Waals surface area contributed by atoms with Gasteiger partial charge in [0.25, 0.3) is 0 Å². The number of fused-ring (bicyclic) bond motifs is 1. The Hall–Kier alpha value is -2.05. The molecule has 0 atom stereocenters. The number of rotatable bonds is 3. The highest BCUT2D eigenvalue weighted by Gasteiger charge is 2.41. The molecular formula is C21H22BrNO4. The van der Waals surface area contributed by atoms with Crippen LogP contribution in [-0.4, -0.2) is 32.3 Å². The van der Waals surface area contributed by atoms with Crippen LogP contribution in [0.15, 0.2) is 46.9 Å². The van der Waals surface area contributed by atoms with Gasteiger partial charge >= 0.3 is 0 Å². The molecule has 6 heteroatoms.